The molecule has 0 spiro atoms. The molecule has 0 aromatic carbocycles. The molecule has 3 atom stereocenters. The minimum atomic E-state index is -0.360. The number of carbonyl (C=O) groups is 3. The number of rotatable bonds is 9. The number of likely N-dealkylation sites (N-methyl/N-ethyl adjacent to an activating group) is 1. The Hall–Kier alpha value is -5.14. The van der Waals surface area contributed by atoms with Crippen LogP contribution in [0.15, 0.2) is 36.8 Å². The number of carbonyl (C=O) groups excluding carboxylic acids is 3. The summed E-state index contributed by atoms with van der Waals surface area (Å²) in [6.45, 7) is 3.86. The molecule has 1 aliphatic heterocycles. The molecule has 4 aromatic heterocycles. The fraction of sp³-hybridized carbons (Fsp3) is 0.419. The number of imide groups is 1. The highest BCUT2D eigenvalue weighted by atomic mass is 16.2. The van der Waals surface area contributed by atoms with Crippen molar-refractivity contribution in [2.45, 2.75) is 51.0 Å². The quantitative estimate of drug-likeness (QED) is 0.270. The first kappa shape index (κ1) is 28.6. The number of anilines is 4. The summed E-state index contributed by atoms with van der Waals surface area (Å²) in [5.41, 5.74) is 3.94. The van der Waals surface area contributed by atoms with E-state index in [1.165, 1.54) is 11.9 Å². The molecule has 2 unspecified atom stereocenters. The summed E-state index contributed by atoms with van der Waals surface area (Å²) >= 11 is 0. The highest BCUT2D eigenvalue weighted by Crippen LogP contribution is 2.46. The van der Waals surface area contributed by atoms with Crippen LogP contribution in [0.4, 0.5) is 28.1 Å². The number of imidazole rings is 1. The molecule has 3 aliphatic rings. The number of pyridine rings is 1. The van der Waals surface area contributed by atoms with Crippen LogP contribution in [-0.4, -0.2) is 79.8 Å². The van der Waals surface area contributed by atoms with Gasteiger partial charge >= 0.3 is 6.03 Å². The fourth-order valence-electron chi connectivity index (χ4n) is 5.66. The van der Waals surface area contributed by atoms with E-state index in [1.807, 2.05) is 50.7 Å². The Morgan fingerprint density at radius 2 is 1.84 bits per heavy atom. The summed E-state index contributed by atoms with van der Waals surface area (Å²) in [5, 5.41) is 6.37. The third kappa shape index (κ3) is 5.51. The number of amides is 4. The number of aromatic nitrogens is 6. The lowest BCUT2D eigenvalue weighted by molar-refractivity contribution is -0.124. The molecule has 0 bridgehead atoms. The average molecular weight is 610 g/mol. The second kappa shape index (κ2) is 10.8. The van der Waals surface area contributed by atoms with Crippen molar-refractivity contribution >= 4 is 46.8 Å². The van der Waals surface area contributed by atoms with Crippen molar-refractivity contribution in [3.63, 3.8) is 0 Å². The Balaban J connectivity index is 1.13. The van der Waals surface area contributed by atoms with Crippen molar-refractivity contribution in [3.8, 4) is 0 Å². The number of fused-ring (bicyclic) bond motifs is 1. The van der Waals surface area contributed by atoms with Gasteiger partial charge < -0.3 is 19.9 Å². The summed E-state index contributed by atoms with van der Waals surface area (Å²) in [6, 6.07) is 4.89. The van der Waals surface area contributed by atoms with Gasteiger partial charge in [-0.2, -0.15) is 9.97 Å². The Kier molecular flexibility index (Phi) is 6.86. The Labute approximate surface area is 259 Å². The smallest absolute Gasteiger partial charge is 0.331 e. The molecule has 4 aromatic rings. The molecule has 2 saturated carbocycles. The predicted molar refractivity (Wildman–Crippen MR) is 167 cm³/mol. The first-order valence-corrected chi connectivity index (χ1v) is 15.1. The van der Waals surface area contributed by atoms with Gasteiger partial charge in [-0.25, -0.2) is 19.7 Å². The van der Waals surface area contributed by atoms with Crippen molar-refractivity contribution in [2.75, 3.05) is 48.1 Å². The molecule has 2 aliphatic carbocycles. The van der Waals surface area contributed by atoms with Gasteiger partial charge in [0.2, 0.25) is 17.8 Å². The van der Waals surface area contributed by atoms with Gasteiger partial charge in [-0.1, -0.05) is 0 Å². The largest absolute Gasteiger partial charge is 0.362 e. The van der Waals surface area contributed by atoms with E-state index >= 15 is 0 Å². The van der Waals surface area contributed by atoms with Crippen molar-refractivity contribution < 1.29 is 14.4 Å². The normalized spacial score (nSPS) is 20.1. The minimum Gasteiger partial charge on any atom is -0.362 e. The van der Waals surface area contributed by atoms with E-state index in [1.54, 1.807) is 17.2 Å². The fourth-order valence-corrected chi connectivity index (χ4v) is 5.66. The number of aryl methyl sites for hydroxylation is 1. The number of hydrogen-bond donors (Lipinski definition) is 2. The lowest BCUT2D eigenvalue weighted by atomic mass is 10.1. The second-order valence-corrected chi connectivity index (χ2v) is 12.3. The lowest BCUT2D eigenvalue weighted by Crippen LogP contribution is -2.30. The van der Waals surface area contributed by atoms with Gasteiger partial charge in [-0.15, -0.1) is 0 Å². The van der Waals surface area contributed by atoms with Crippen LogP contribution in [0.2, 0.25) is 0 Å². The maximum absolute atomic E-state index is 13.1. The summed E-state index contributed by atoms with van der Waals surface area (Å²) < 4.78 is 1.94. The number of nitrogens with zero attached hydrogens (tertiary/aromatic N) is 9. The summed E-state index contributed by atoms with van der Waals surface area (Å²) in [6.07, 6.45) is 8.60. The van der Waals surface area contributed by atoms with Gasteiger partial charge in [0, 0.05) is 63.3 Å². The molecule has 14 heteroatoms. The van der Waals surface area contributed by atoms with Crippen LogP contribution in [-0.2, 0) is 9.59 Å². The van der Waals surface area contributed by atoms with Crippen LogP contribution in [0.25, 0.3) is 5.65 Å². The SMILES string of the molecule is Cc1ccnc(C2CC2C(=O)Nc2cc(N[C@H](C)c3cn4cc(C5CC5)cc(N5CC(=O)N(C)C5=O)c4n3)nc(N(C)C)n2)n1. The molecular weight excluding hydrogens is 574 g/mol. The van der Waals surface area contributed by atoms with Crippen LogP contribution >= 0.6 is 0 Å². The van der Waals surface area contributed by atoms with Gasteiger partial charge in [0.05, 0.1) is 17.4 Å². The van der Waals surface area contributed by atoms with Crippen molar-refractivity contribution in [2.24, 2.45) is 5.92 Å². The van der Waals surface area contributed by atoms with E-state index in [-0.39, 0.29) is 42.3 Å². The molecule has 14 nitrogen and oxygen atoms in total. The van der Waals surface area contributed by atoms with E-state index in [0.29, 0.717) is 47.1 Å². The highest BCUT2D eigenvalue weighted by Gasteiger charge is 2.46. The zero-order valence-corrected chi connectivity index (χ0v) is 25.9. The summed E-state index contributed by atoms with van der Waals surface area (Å²) in [4.78, 5) is 65.7. The summed E-state index contributed by atoms with van der Waals surface area (Å²) in [5.74, 6) is 1.86. The van der Waals surface area contributed by atoms with Gasteiger partial charge in [0.15, 0.2) is 5.65 Å². The molecule has 1 saturated heterocycles. The number of hydrogen-bond acceptors (Lipinski definition) is 10. The second-order valence-electron chi connectivity index (χ2n) is 12.3. The maximum atomic E-state index is 13.1. The van der Waals surface area contributed by atoms with E-state index in [0.717, 1.165) is 34.7 Å². The van der Waals surface area contributed by atoms with Gasteiger partial charge in [-0.3, -0.25) is 19.4 Å². The molecule has 4 amide bonds. The van der Waals surface area contributed by atoms with E-state index in [2.05, 4.69) is 36.8 Å². The molecule has 7 rings (SSSR count). The number of nitrogens with one attached hydrogen (secondary N) is 2. The molecule has 3 fully saturated rings. The molecular formula is C31H35N11O3. The monoisotopic (exact) mass is 609 g/mol. The van der Waals surface area contributed by atoms with E-state index in [9.17, 15) is 14.4 Å². The zero-order valence-electron chi connectivity index (χ0n) is 25.9. The molecule has 45 heavy (non-hydrogen) atoms. The third-order valence-electron chi connectivity index (χ3n) is 8.54. The van der Waals surface area contributed by atoms with E-state index < -0.39 is 0 Å². The van der Waals surface area contributed by atoms with Crippen molar-refractivity contribution in [1.29, 1.82) is 0 Å². The van der Waals surface area contributed by atoms with Crippen LogP contribution in [0.3, 0.4) is 0 Å². The van der Waals surface area contributed by atoms with Gasteiger partial charge in [0.25, 0.3) is 0 Å². The molecule has 232 valence electrons. The summed E-state index contributed by atoms with van der Waals surface area (Å²) in [7, 11) is 5.17. The molecule has 5 heterocycles. The zero-order chi connectivity index (χ0) is 31.6. The molecule has 2 N–H and O–H groups in total. The van der Waals surface area contributed by atoms with Crippen LogP contribution in [0, 0.1) is 12.8 Å². The Morgan fingerprint density at radius 3 is 2.53 bits per heavy atom. The lowest BCUT2D eigenvalue weighted by Gasteiger charge is -2.17. The Morgan fingerprint density at radius 1 is 1.07 bits per heavy atom. The van der Waals surface area contributed by atoms with Crippen LogP contribution < -0.4 is 20.4 Å². The van der Waals surface area contributed by atoms with Crippen molar-refractivity contribution in [1.82, 2.24) is 34.2 Å². The standard InChI is InChI=1S/C31H35N11O3/c1-16-8-9-32-27(33-16)20-11-21(20)29(44)36-25-12-24(37-30(38-25)39(3)4)34-17(2)22-14-41-13-19(18-6-7-18)10-23(28(41)35-22)42-15-26(43)40(5)31(42)45/h8-10,12-14,17-18,20-21H,6-7,11,15H2,1-5H3,(H2,34,36,37,38,44)/t17-,20?,21?/m1/s1. The first-order valence-electron chi connectivity index (χ1n) is 15.1. The highest BCUT2D eigenvalue weighted by molar-refractivity contribution is 6.13. The van der Waals surface area contributed by atoms with Crippen molar-refractivity contribution in [3.05, 3.63) is 59.6 Å². The third-order valence-corrected chi connectivity index (χ3v) is 8.54. The average Bonchev–Trinajstić information content (AvgIpc) is 3.93. The number of urea groups is 1. The van der Waals surface area contributed by atoms with Crippen LogP contribution in [0.5, 0.6) is 0 Å². The topological polar surface area (TPSA) is 154 Å². The first-order chi connectivity index (χ1) is 21.5. The molecule has 0 radical (unpaired) electrons. The van der Waals surface area contributed by atoms with Crippen LogP contribution in [0.1, 0.15) is 66.8 Å². The van der Waals surface area contributed by atoms with E-state index in [4.69, 9.17) is 4.98 Å². The maximum Gasteiger partial charge on any atom is 0.331 e. The Bertz CT molecular complexity index is 1850. The van der Waals surface area contributed by atoms with Gasteiger partial charge in [0.1, 0.15) is 24.0 Å². The minimum absolute atomic E-state index is 0.00702. The predicted octanol–water partition coefficient (Wildman–Crippen LogP) is 3.48. The van der Waals surface area contributed by atoms with Gasteiger partial charge in [-0.05, 0) is 56.7 Å².